The zero-order valence-electron chi connectivity index (χ0n) is 13.3. The Morgan fingerprint density at radius 3 is 2.58 bits per heavy atom. The van der Waals surface area contributed by atoms with Crippen molar-refractivity contribution < 1.29 is 14.3 Å². The molecule has 0 radical (unpaired) electrons. The Morgan fingerprint density at radius 2 is 1.79 bits per heavy atom. The highest BCUT2D eigenvalue weighted by Gasteiger charge is 2.18. The average Bonchev–Trinajstić information content (AvgIpc) is 3.12. The van der Waals surface area contributed by atoms with E-state index in [1.54, 1.807) is 4.90 Å². The highest BCUT2D eigenvalue weighted by Crippen LogP contribution is 2.24. The van der Waals surface area contributed by atoms with Gasteiger partial charge in [-0.15, -0.1) is 0 Å². The summed E-state index contributed by atoms with van der Waals surface area (Å²) in [5.41, 5.74) is 0. The van der Waals surface area contributed by atoms with E-state index in [-0.39, 0.29) is 25.0 Å². The van der Waals surface area contributed by atoms with E-state index in [1.165, 1.54) is 0 Å². The van der Waals surface area contributed by atoms with Crippen LogP contribution in [0.1, 0.15) is 12.8 Å². The van der Waals surface area contributed by atoms with Gasteiger partial charge in [0.1, 0.15) is 5.75 Å². The molecule has 0 atom stereocenters. The van der Waals surface area contributed by atoms with E-state index >= 15 is 0 Å². The molecule has 1 aliphatic heterocycles. The molecule has 3 rings (SSSR count). The number of amides is 2. The normalized spacial score (nSPS) is 14.0. The van der Waals surface area contributed by atoms with Crippen LogP contribution >= 0.6 is 15.9 Å². The monoisotopic (exact) mass is 390 g/mol. The number of nitrogens with zero attached hydrogens (tertiary/aromatic N) is 1. The van der Waals surface area contributed by atoms with Crippen LogP contribution in [0.25, 0.3) is 10.8 Å². The molecule has 2 amide bonds. The van der Waals surface area contributed by atoms with Crippen molar-refractivity contribution in [2.45, 2.75) is 12.8 Å². The number of rotatable bonds is 5. The Morgan fingerprint density at radius 1 is 1.08 bits per heavy atom. The number of carbonyl (C=O) groups excluding carboxylic acids is 2. The van der Waals surface area contributed by atoms with E-state index in [2.05, 4.69) is 21.2 Å². The van der Waals surface area contributed by atoms with Crippen LogP contribution < -0.4 is 10.1 Å². The third kappa shape index (κ3) is 4.26. The third-order valence-corrected chi connectivity index (χ3v) is 4.53. The summed E-state index contributed by atoms with van der Waals surface area (Å²) in [4.78, 5) is 25.5. The highest BCUT2D eigenvalue weighted by atomic mass is 79.9. The molecule has 5 nitrogen and oxygen atoms in total. The molecule has 0 aliphatic carbocycles. The zero-order valence-corrected chi connectivity index (χ0v) is 14.8. The lowest BCUT2D eigenvalue weighted by Gasteiger charge is -2.15. The summed E-state index contributed by atoms with van der Waals surface area (Å²) < 4.78 is 6.53. The van der Waals surface area contributed by atoms with Gasteiger partial charge in [-0.2, -0.15) is 0 Å². The predicted molar refractivity (Wildman–Crippen MR) is 96.0 cm³/mol. The van der Waals surface area contributed by atoms with Gasteiger partial charge in [-0.25, -0.2) is 0 Å². The minimum Gasteiger partial charge on any atom is -0.484 e. The summed E-state index contributed by atoms with van der Waals surface area (Å²) in [5, 5.41) is 4.75. The molecule has 1 heterocycles. The van der Waals surface area contributed by atoms with Gasteiger partial charge < -0.3 is 15.0 Å². The topological polar surface area (TPSA) is 58.6 Å². The first-order chi connectivity index (χ1) is 11.6. The van der Waals surface area contributed by atoms with Crippen LogP contribution in [0.3, 0.4) is 0 Å². The standard InChI is InChI=1S/C18H19BrN2O3/c19-15-5-3-14-10-16(6-4-13(14)9-15)24-12-17(22)20-11-18(23)21-7-1-2-8-21/h3-6,9-10H,1-2,7-8,11-12H2,(H,20,22). The predicted octanol–water partition coefficient (Wildman–Crippen LogP) is 2.72. The van der Waals surface area contributed by atoms with Gasteiger partial charge in [0.05, 0.1) is 6.54 Å². The van der Waals surface area contributed by atoms with Crippen molar-refractivity contribution >= 4 is 38.5 Å². The Hall–Kier alpha value is -2.08. The lowest BCUT2D eigenvalue weighted by molar-refractivity contribution is -0.132. The summed E-state index contributed by atoms with van der Waals surface area (Å²) >= 11 is 3.44. The van der Waals surface area contributed by atoms with Gasteiger partial charge in [0.25, 0.3) is 5.91 Å². The molecule has 0 unspecified atom stereocenters. The molecule has 0 bridgehead atoms. The van der Waals surface area contributed by atoms with Gasteiger partial charge in [-0.05, 0) is 47.9 Å². The molecule has 0 spiro atoms. The quantitative estimate of drug-likeness (QED) is 0.853. The van der Waals surface area contributed by atoms with E-state index in [1.807, 2.05) is 36.4 Å². The maximum absolute atomic E-state index is 11.9. The number of ether oxygens (including phenoxy) is 1. The minimum absolute atomic E-state index is 0.0304. The van der Waals surface area contributed by atoms with Crippen LogP contribution in [0, 0.1) is 0 Å². The van der Waals surface area contributed by atoms with E-state index in [9.17, 15) is 9.59 Å². The number of benzene rings is 2. The van der Waals surface area contributed by atoms with Gasteiger partial charge in [-0.3, -0.25) is 9.59 Å². The van der Waals surface area contributed by atoms with Crippen LogP contribution in [0.15, 0.2) is 40.9 Å². The molecular weight excluding hydrogens is 372 g/mol. The summed E-state index contributed by atoms with van der Waals surface area (Å²) in [6.45, 7) is 1.51. The molecule has 0 aromatic heterocycles. The Bertz CT molecular complexity index is 757. The van der Waals surface area contributed by atoms with Crippen molar-refractivity contribution in [3.05, 3.63) is 40.9 Å². The fraction of sp³-hybridized carbons (Fsp3) is 0.333. The lowest BCUT2D eigenvalue weighted by atomic mass is 10.1. The number of halogens is 1. The molecule has 2 aromatic rings. The highest BCUT2D eigenvalue weighted by molar-refractivity contribution is 9.10. The molecule has 24 heavy (non-hydrogen) atoms. The molecule has 1 saturated heterocycles. The largest absolute Gasteiger partial charge is 0.484 e. The molecule has 0 saturated carbocycles. The molecule has 1 aliphatic rings. The van der Waals surface area contributed by atoms with Crippen LogP contribution in [0.2, 0.25) is 0 Å². The van der Waals surface area contributed by atoms with E-state index in [0.717, 1.165) is 41.2 Å². The molecule has 6 heteroatoms. The van der Waals surface area contributed by atoms with E-state index in [0.29, 0.717) is 5.75 Å². The van der Waals surface area contributed by atoms with Crippen LogP contribution in [0.4, 0.5) is 0 Å². The van der Waals surface area contributed by atoms with Crippen LogP contribution in [-0.4, -0.2) is 43.0 Å². The Labute approximate surface area is 149 Å². The van der Waals surface area contributed by atoms with Crippen molar-refractivity contribution in [2.75, 3.05) is 26.2 Å². The number of fused-ring (bicyclic) bond motifs is 1. The fourth-order valence-electron chi connectivity index (χ4n) is 2.74. The fourth-order valence-corrected chi connectivity index (χ4v) is 3.12. The molecular formula is C18H19BrN2O3. The maximum Gasteiger partial charge on any atom is 0.258 e. The smallest absolute Gasteiger partial charge is 0.258 e. The molecule has 1 N–H and O–H groups in total. The number of hydrogen-bond donors (Lipinski definition) is 1. The summed E-state index contributed by atoms with van der Waals surface area (Å²) in [6.07, 6.45) is 2.09. The Kier molecular flexibility index (Phi) is 5.35. The summed E-state index contributed by atoms with van der Waals surface area (Å²) in [6, 6.07) is 11.6. The number of likely N-dealkylation sites (tertiary alicyclic amines) is 1. The summed E-state index contributed by atoms with van der Waals surface area (Å²) in [5.74, 6) is 0.307. The van der Waals surface area contributed by atoms with E-state index in [4.69, 9.17) is 4.74 Å². The summed E-state index contributed by atoms with van der Waals surface area (Å²) in [7, 11) is 0. The van der Waals surface area contributed by atoms with Crippen molar-refractivity contribution in [1.29, 1.82) is 0 Å². The first kappa shape index (κ1) is 16.8. The minimum atomic E-state index is -0.293. The van der Waals surface area contributed by atoms with Crippen LogP contribution in [-0.2, 0) is 9.59 Å². The van der Waals surface area contributed by atoms with Gasteiger partial charge in [0.15, 0.2) is 6.61 Å². The second-order valence-electron chi connectivity index (χ2n) is 5.81. The third-order valence-electron chi connectivity index (χ3n) is 4.04. The van der Waals surface area contributed by atoms with Crippen molar-refractivity contribution in [3.63, 3.8) is 0 Å². The second-order valence-corrected chi connectivity index (χ2v) is 6.72. The number of carbonyl (C=O) groups is 2. The van der Waals surface area contributed by atoms with Crippen molar-refractivity contribution in [2.24, 2.45) is 0 Å². The van der Waals surface area contributed by atoms with Crippen molar-refractivity contribution in [1.82, 2.24) is 10.2 Å². The van der Waals surface area contributed by atoms with Gasteiger partial charge in [0, 0.05) is 17.6 Å². The maximum atomic E-state index is 11.9. The molecule has 2 aromatic carbocycles. The van der Waals surface area contributed by atoms with Gasteiger partial charge in [0.2, 0.25) is 5.91 Å². The SMILES string of the molecule is O=C(COc1ccc2cc(Br)ccc2c1)NCC(=O)N1CCCC1. The average molecular weight is 391 g/mol. The zero-order chi connectivity index (χ0) is 16.9. The van der Waals surface area contributed by atoms with Gasteiger partial charge >= 0.3 is 0 Å². The molecule has 126 valence electrons. The first-order valence-electron chi connectivity index (χ1n) is 7.98. The number of hydrogen-bond acceptors (Lipinski definition) is 3. The second kappa shape index (κ2) is 7.66. The lowest BCUT2D eigenvalue weighted by Crippen LogP contribution is -2.40. The van der Waals surface area contributed by atoms with Crippen LogP contribution in [0.5, 0.6) is 5.75 Å². The number of nitrogens with one attached hydrogen (secondary N) is 1. The van der Waals surface area contributed by atoms with Crippen molar-refractivity contribution in [3.8, 4) is 5.75 Å². The van der Waals surface area contributed by atoms with Gasteiger partial charge in [-0.1, -0.05) is 28.1 Å². The van der Waals surface area contributed by atoms with E-state index < -0.39 is 0 Å². The first-order valence-corrected chi connectivity index (χ1v) is 8.78. The molecule has 1 fully saturated rings. The Balaban J connectivity index is 1.48.